The van der Waals surface area contributed by atoms with Gasteiger partial charge < -0.3 is 5.32 Å². The van der Waals surface area contributed by atoms with Crippen LogP contribution in [0, 0.1) is 0 Å². The Hall–Kier alpha value is -3.38. The van der Waals surface area contributed by atoms with Crippen LogP contribution >= 0.6 is 11.8 Å². The van der Waals surface area contributed by atoms with Crippen molar-refractivity contribution >= 4 is 35.2 Å². The molecule has 3 aromatic rings. The molecule has 1 aliphatic heterocycles. The minimum absolute atomic E-state index is 0.0486. The summed E-state index contributed by atoms with van der Waals surface area (Å²) in [6.07, 6.45) is 1.06. The minimum atomic E-state index is -0.207. The van der Waals surface area contributed by atoms with Gasteiger partial charge >= 0.3 is 0 Å². The van der Waals surface area contributed by atoms with Gasteiger partial charge in [-0.1, -0.05) is 42.5 Å². The number of fused-ring (bicyclic) bond motifs is 1. The van der Waals surface area contributed by atoms with Crippen molar-refractivity contribution in [2.45, 2.75) is 17.7 Å². The highest BCUT2D eigenvalue weighted by atomic mass is 32.2. The molecule has 0 saturated carbocycles. The van der Waals surface area contributed by atoms with Crippen molar-refractivity contribution in [3.05, 3.63) is 95.6 Å². The van der Waals surface area contributed by atoms with Gasteiger partial charge in [0, 0.05) is 17.1 Å². The Morgan fingerprint density at radius 3 is 2.06 bits per heavy atom. The normalized spacial score (nSPS) is 12.7. The third kappa shape index (κ3) is 5.03. The first kappa shape index (κ1) is 20.9. The highest BCUT2D eigenvalue weighted by Crippen LogP contribution is 2.24. The van der Waals surface area contributed by atoms with Crippen LogP contribution < -0.4 is 5.32 Å². The van der Waals surface area contributed by atoms with Crippen molar-refractivity contribution in [2.75, 3.05) is 17.6 Å². The zero-order chi connectivity index (χ0) is 21.6. The van der Waals surface area contributed by atoms with E-state index in [0.717, 1.165) is 21.9 Å². The smallest absolute Gasteiger partial charge is 0.261 e. The van der Waals surface area contributed by atoms with Gasteiger partial charge in [0.1, 0.15) is 0 Å². The molecule has 0 unspecified atom stereocenters. The molecule has 1 N–H and O–H groups in total. The Morgan fingerprint density at radius 2 is 1.42 bits per heavy atom. The quantitative estimate of drug-likeness (QED) is 0.321. The maximum absolute atomic E-state index is 12.4. The topological polar surface area (TPSA) is 66.5 Å². The van der Waals surface area contributed by atoms with Gasteiger partial charge in [0.15, 0.2) is 0 Å². The number of imide groups is 1. The fourth-order valence-corrected chi connectivity index (χ4v) is 4.31. The van der Waals surface area contributed by atoms with Crippen molar-refractivity contribution in [1.82, 2.24) is 4.90 Å². The molecule has 0 aromatic heterocycles. The molecule has 1 aliphatic rings. The SMILES string of the molecule is O=C(Cc1ccccc1)Nc1ccc(SCCCN2C(=O)c3ccccc3C2=O)cc1. The fraction of sp³-hybridized carbons (Fsp3) is 0.160. The van der Waals surface area contributed by atoms with E-state index in [9.17, 15) is 14.4 Å². The summed E-state index contributed by atoms with van der Waals surface area (Å²) in [5.41, 5.74) is 2.72. The van der Waals surface area contributed by atoms with E-state index in [4.69, 9.17) is 0 Å². The van der Waals surface area contributed by atoms with Gasteiger partial charge in [0.2, 0.25) is 5.91 Å². The third-order valence-corrected chi connectivity index (χ3v) is 6.12. The summed E-state index contributed by atoms with van der Waals surface area (Å²) in [4.78, 5) is 39.3. The minimum Gasteiger partial charge on any atom is -0.326 e. The molecule has 0 radical (unpaired) electrons. The van der Waals surface area contributed by atoms with E-state index in [1.165, 1.54) is 4.90 Å². The second-order valence-corrected chi connectivity index (χ2v) is 8.41. The Balaban J connectivity index is 1.22. The van der Waals surface area contributed by atoms with Crippen molar-refractivity contribution in [2.24, 2.45) is 0 Å². The molecule has 156 valence electrons. The van der Waals surface area contributed by atoms with Gasteiger partial charge in [-0.15, -0.1) is 11.8 Å². The predicted octanol–water partition coefficient (Wildman–Crippen LogP) is 4.65. The first-order chi connectivity index (χ1) is 15.1. The number of anilines is 1. The summed E-state index contributed by atoms with van der Waals surface area (Å²) in [6.45, 7) is 0.410. The number of benzene rings is 3. The lowest BCUT2D eigenvalue weighted by molar-refractivity contribution is -0.115. The average Bonchev–Trinajstić information content (AvgIpc) is 3.03. The highest BCUT2D eigenvalue weighted by molar-refractivity contribution is 7.99. The summed E-state index contributed by atoms with van der Waals surface area (Å²) in [6, 6.07) is 24.3. The Labute approximate surface area is 185 Å². The van der Waals surface area contributed by atoms with Crippen LogP contribution in [0.15, 0.2) is 83.8 Å². The monoisotopic (exact) mass is 430 g/mol. The zero-order valence-electron chi connectivity index (χ0n) is 16.9. The van der Waals surface area contributed by atoms with Gasteiger partial charge in [-0.3, -0.25) is 19.3 Å². The van der Waals surface area contributed by atoms with Gasteiger partial charge in [0.05, 0.1) is 17.5 Å². The van der Waals surface area contributed by atoms with Crippen LogP contribution in [0.25, 0.3) is 0 Å². The predicted molar refractivity (Wildman–Crippen MR) is 122 cm³/mol. The summed E-state index contributed by atoms with van der Waals surface area (Å²) in [5, 5.41) is 2.91. The average molecular weight is 431 g/mol. The third-order valence-electron chi connectivity index (χ3n) is 5.02. The second kappa shape index (κ2) is 9.62. The molecule has 0 fully saturated rings. The molecular weight excluding hydrogens is 408 g/mol. The summed E-state index contributed by atoms with van der Waals surface area (Å²) in [7, 11) is 0. The van der Waals surface area contributed by atoms with Gasteiger partial charge in [-0.05, 0) is 54.1 Å². The lowest BCUT2D eigenvalue weighted by Crippen LogP contribution is -2.30. The maximum atomic E-state index is 12.4. The number of rotatable bonds is 8. The molecule has 1 heterocycles. The molecule has 0 aliphatic carbocycles. The second-order valence-electron chi connectivity index (χ2n) is 7.24. The summed E-state index contributed by atoms with van der Waals surface area (Å²) < 4.78 is 0. The largest absolute Gasteiger partial charge is 0.326 e. The Morgan fingerprint density at radius 1 is 0.806 bits per heavy atom. The molecule has 0 saturated heterocycles. The van der Waals surface area contributed by atoms with E-state index in [1.807, 2.05) is 54.6 Å². The van der Waals surface area contributed by atoms with Crippen LogP contribution in [-0.4, -0.2) is 34.9 Å². The van der Waals surface area contributed by atoms with Crippen LogP contribution in [0.5, 0.6) is 0 Å². The Kier molecular flexibility index (Phi) is 6.48. The molecule has 0 bridgehead atoms. The van der Waals surface area contributed by atoms with Crippen LogP contribution in [0.1, 0.15) is 32.7 Å². The Bertz CT molecular complexity index is 1060. The van der Waals surface area contributed by atoms with Crippen LogP contribution in [-0.2, 0) is 11.2 Å². The molecular formula is C25H22N2O3S. The molecule has 5 nitrogen and oxygen atoms in total. The van der Waals surface area contributed by atoms with E-state index in [-0.39, 0.29) is 17.7 Å². The number of hydrogen-bond acceptors (Lipinski definition) is 4. The van der Waals surface area contributed by atoms with E-state index in [0.29, 0.717) is 30.5 Å². The molecule has 3 amide bonds. The molecule has 4 rings (SSSR count). The first-order valence-corrected chi connectivity index (χ1v) is 11.1. The first-order valence-electron chi connectivity index (χ1n) is 10.1. The number of hydrogen-bond donors (Lipinski definition) is 1. The summed E-state index contributed by atoms with van der Waals surface area (Å²) >= 11 is 1.66. The lowest BCUT2D eigenvalue weighted by Gasteiger charge is -2.13. The van der Waals surface area contributed by atoms with Crippen LogP contribution in [0.2, 0.25) is 0 Å². The van der Waals surface area contributed by atoms with Crippen molar-refractivity contribution in [3.8, 4) is 0 Å². The van der Waals surface area contributed by atoms with E-state index in [1.54, 1.807) is 36.0 Å². The van der Waals surface area contributed by atoms with Gasteiger partial charge in [0.25, 0.3) is 11.8 Å². The molecule has 0 spiro atoms. The van der Waals surface area contributed by atoms with E-state index in [2.05, 4.69) is 5.32 Å². The molecule has 3 aromatic carbocycles. The fourth-order valence-electron chi connectivity index (χ4n) is 3.48. The maximum Gasteiger partial charge on any atom is 0.261 e. The molecule has 6 heteroatoms. The van der Waals surface area contributed by atoms with Crippen LogP contribution in [0.3, 0.4) is 0 Å². The lowest BCUT2D eigenvalue weighted by atomic mass is 10.1. The zero-order valence-corrected chi connectivity index (χ0v) is 17.7. The molecule has 31 heavy (non-hydrogen) atoms. The number of amides is 3. The van der Waals surface area contributed by atoms with Crippen molar-refractivity contribution < 1.29 is 14.4 Å². The summed E-state index contributed by atoms with van der Waals surface area (Å²) in [5.74, 6) is 0.322. The number of nitrogens with one attached hydrogen (secondary N) is 1. The number of carbonyl (C=O) groups excluding carboxylic acids is 3. The standard InChI is InChI=1S/C25H22N2O3S/c28-23(17-18-7-2-1-3-8-18)26-19-11-13-20(14-12-19)31-16-6-15-27-24(29)21-9-4-5-10-22(21)25(27)30/h1-5,7-14H,6,15-17H2,(H,26,28). The highest BCUT2D eigenvalue weighted by Gasteiger charge is 2.34. The number of thioether (sulfide) groups is 1. The van der Waals surface area contributed by atoms with Gasteiger partial charge in [-0.25, -0.2) is 0 Å². The van der Waals surface area contributed by atoms with E-state index >= 15 is 0 Å². The number of nitrogens with zero attached hydrogens (tertiary/aromatic N) is 1. The molecule has 0 atom stereocenters. The van der Waals surface area contributed by atoms with Crippen molar-refractivity contribution in [1.29, 1.82) is 0 Å². The van der Waals surface area contributed by atoms with Crippen molar-refractivity contribution in [3.63, 3.8) is 0 Å². The van der Waals surface area contributed by atoms with Gasteiger partial charge in [-0.2, -0.15) is 0 Å². The van der Waals surface area contributed by atoms with E-state index < -0.39 is 0 Å². The number of carbonyl (C=O) groups is 3. The van der Waals surface area contributed by atoms with Crippen LogP contribution in [0.4, 0.5) is 5.69 Å².